The smallest absolute Gasteiger partial charge is 0.135 e. The van der Waals surface area contributed by atoms with Crippen molar-refractivity contribution >= 4 is 39.0 Å². The molecule has 11 aromatic carbocycles. The Labute approximate surface area is 401 Å². The van der Waals surface area contributed by atoms with E-state index in [-0.39, 0.29) is 0 Å². The minimum atomic E-state index is -0.432. The Kier molecular flexibility index (Phi) is 8.84. The van der Waals surface area contributed by atoms with Crippen LogP contribution in [0.3, 0.4) is 0 Å². The Hall–Kier alpha value is -8.98. The van der Waals surface area contributed by atoms with E-state index in [2.05, 4.69) is 254 Å². The molecule has 2 aliphatic rings. The Morgan fingerprint density at radius 1 is 0.275 bits per heavy atom. The molecule has 14 rings (SSSR count). The van der Waals surface area contributed by atoms with Gasteiger partial charge in [-0.15, -0.1) is 0 Å². The number of hydrogen-bond donors (Lipinski definition) is 0. The second-order valence-electron chi connectivity index (χ2n) is 18.3. The SMILES string of the molecule is c1ccc(-c2ccccc2-c2c(-c3ccccc3)cccc2N(c2ccc(-c3ccc4oc5ccccc5c4c3)cc2)c2ccc3c(c2)-c2ccccc2C32c3ccccc3-c3ccccc32)cc1. The summed E-state index contributed by atoms with van der Waals surface area (Å²) in [6, 6.07) is 95.7. The first-order chi connectivity index (χ1) is 34.2. The normalized spacial score (nSPS) is 12.8. The summed E-state index contributed by atoms with van der Waals surface area (Å²) in [4.78, 5) is 2.49. The van der Waals surface area contributed by atoms with Crippen LogP contribution in [-0.4, -0.2) is 0 Å². The third-order valence-corrected chi connectivity index (χ3v) is 14.7. The summed E-state index contributed by atoms with van der Waals surface area (Å²) in [5, 5.41) is 2.25. The molecule has 0 radical (unpaired) electrons. The third kappa shape index (κ3) is 5.92. The second kappa shape index (κ2) is 15.6. The number of nitrogens with zero attached hydrogens (tertiary/aromatic N) is 1. The van der Waals surface area contributed by atoms with Gasteiger partial charge in [-0.25, -0.2) is 0 Å². The number of hydrogen-bond acceptors (Lipinski definition) is 2. The number of benzene rings is 11. The van der Waals surface area contributed by atoms with Crippen LogP contribution in [0.15, 0.2) is 265 Å². The van der Waals surface area contributed by atoms with E-state index in [1.54, 1.807) is 0 Å². The van der Waals surface area contributed by atoms with Crippen molar-refractivity contribution in [3.8, 4) is 66.8 Å². The van der Waals surface area contributed by atoms with Gasteiger partial charge in [-0.1, -0.05) is 212 Å². The molecule has 322 valence electrons. The Bertz CT molecular complexity index is 3910. The van der Waals surface area contributed by atoms with E-state index in [0.717, 1.165) is 55.7 Å². The molecule has 0 atom stereocenters. The molecule has 69 heavy (non-hydrogen) atoms. The van der Waals surface area contributed by atoms with Gasteiger partial charge in [0.25, 0.3) is 0 Å². The summed E-state index contributed by atoms with van der Waals surface area (Å²) < 4.78 is 6.23. The molecule has 0 aliphatic heterocycles. The molecule has 0 fully saturated rings. The van der Waals surface area contributed by atoms with E-state index in [9.17, 15) is 0 Å². The van der Waals surface area contributed by atoms with Crippen molar-refractivity contribution in [2.45, 2.75) is 5.41 Å². The zero-order chi connectivity index (χ0) is 45.5. The van der Waals surface area contributed by atoms with Gasteiger partial charge in [-0.05, 0) is 132 Å². The predicted octanol–water partition coefficient (Wildman–Crippen LogP) is 18.1. The van der Waals surface area contributed by atoms with Gasteiger partial charge in [0.15, 0.2) is 0 Å². The van der Waals surface area contributed by atoms with E-state index in [4.69, 9.17) is 4.42 Å². The van der Waals surface area contributed by atoms with Crippen molar-refractivity contribution in [2.24, 2.45) is 0 Å². The summed E-state index contributed by atoms with van der Waals surface area (Å²) in [5.41, 5.74) is 24.4. The number of fused-ring (bicyclic) bond motifs is 13. The Morgan fingerprint density at radius 3 is 1.45 bits per heavy atom. The topological polar surface area (TPSA) is 16.4 Å². The van der Waals surface area contributed by atoms with E-state index in [1.165, 1.54) is 72.3 Å². The molecule has 0 amide bonds. The molecule has 12 aromatic rings. The van der Waals surface area contributed by atoms with Gasteiger partial charge in [0.2, 0.25) is 0 Å². The molecule has 0 saturated carbocycles. The number of para-hydroxylation sites is 1. The zero-order valence-electron chi connectivity index (χ0n) is 37.7. The van der Waals surface area contributed by atoms with E-state index < -0.39 is 5.41 Å². The number of anilines is 3. The average Bonchev–Trinajstić information content (AvgIpc) is 4.05. The maximum absolute atomic E-state index is 6.23. The lowest BCUT2D eigenvalue weighted by Crippen LogP contribution is -2.25. The van der Waals surface area contributed by atoms with Crippen molar-refractivity contribution in [3.05, 3.63) is 283 Å². The van der Waals surface area contributed by atoms with Crippen molar-refractivity contribution in [2.75, 3.05) is 4.90 Å². The van der Waals surface area contributed by atoms with Gasteiger partial charge in [-0.2, -0.15) is 0 Å². The molecular formula is C67H43NO. The first kappa shape index (κ1) is 39.2. The van der Waals surface area contributed by atoms with Crippen LogP contribution < -0.4 is 4.90 Å². The van der Waals surface area contributed by atoms with Crippen molar-refractivity contribution < 1.29 is 4.42 Å². The lowest BCUT2D eigenvalue weighted by Gasteiger charge is -2.32. The molecule has 1 heterocycles. The maximum Gasteiger partial charge on any atom is 0.135 e. The summed E-state index contributed by atoms with van der Waals surface area (Å²) in [6.45, 7) is 0. The highest BCUT2D eigenvalue weighted by Crippen LogP contribution is 2.63. The van der Waals surface area contributed by atoms with Crippen molar-refractivity contribution in [1.82, 2.24) is 0 Å². The van der Waals surface area contributed by atoms with Crippen LogP contribution in [-0.2, 0) is 5.41 Å². The van der Waals surface area contributed by atoms with Crippen LogP contribution in [0.25, 0.3) is 88.7 Å². The molecule has 0 saturated heterocycles. The quantitative estimate of drug-likeness (QED) is 0.159. The van der Waals surface area contributed by atoms with Gasteiger partial charge in [-0.3, -0.25) is 0 Å². The molecule has 2 heteroatoms. The van der Waals surface area contributed by atoms with Crippen molar-refractivity contribution in [3.63, 3.8) is 0 Å². The number of rotatable bonds is 7. The molecule has 0 N–H and O–H groups in total. The fourth-order valence-electron chi connectivity index (χ4n) is 11.8. The largest absolute Gasteiger partial charge is 0.456 e. The van der Waals surface area contributed by atoms with Crippen LogP contribution >= 0.6 is 0 Å². The lowest BCUT2D eigenvalue weighted by atomic mass is 9.70. The maximum atomic E-state index is 6.23. The highest BCUT2D eigenvalue weighted by molar-refractivity contribution is 6.07. The van der Waals surface area contributed by atoms with Gasteiger partial charge in [0, 0.05) is 27.7 Å². The summed E-state index contributed by atoms with van der Waals surface area (Å²) >= 11 is 0. The van der Waals surface area contributed by atoms with Gasteiger partial charge in [0.1, 0.15) is 11.2 Å². The van der Waals surface area contributed by atoms with Gasteiger partial charge >= 0.3 is 0 Å². The van der Waals surface area contributed by atoms with Gasteiger partial charge in [0.05, 0.1) is 11.1 Å². The van der Waals surface area contributed by atoms with Crippen LogP contribution in [0.4, 0.5) is 17.1 Å². The summed E-state index contributed by atoms with van der Waals surface area (Å²) in [5.74, 6) is 0. The summed E-state index contributed by atoms with van der Waals surface area (Å²) in [7, 11) is 0. The van der Waals surface area contributed by atoms with Crippen LogP contribution in [0.2, 0.25) is 0 Å². The first-order valence-corrected chi connectivity index (χ1v) is 23.8. The monoisotopic (exact) mass is 877 g/mol. The van der Waals surface area contributed by atoms with Gasteiger partial charge < -0.3 is 9.32 Å². The third-order valence-electron chi connectivity index (χ3n) is 14.7. The minimum absolute atomic E-state index is 0.432. The lowest BCUT2D eigenvalue weighted by molar-refractivity contribution is 0.669. The fourth-order valence-corrected chi connectivity index (χ4v) is 11.8. The summed E-state index contributed by atoms with van der Waals surface area (Å²) in [6.07, 6.45) is 0. The molecule has 0 unspecified atom stereocenters. The molecule has 1 spiro atoms. The van der Waals surface area contributed by atoms with Crippen molar-refractivity contribution in [1.29, 1.82) is 0 Å². The molecular weight excluding hydrogens is 835 g/mol. The molecule has 0 bridgehead atoms. The minimum Gasteiger partial charge on any atom is -0.456 e. The van der Waals surface area contributed by atoms with Crippen LogP contribution in [0.1, 0.15) is 22.3 Å². The second-order valence-corrected chi connectivity index (χ2v) is 18.3. The average molecular weight is 878 g/mol. The highest BCUT2D eigenvalue weighted by Gasteiger charge is 2.51. The molecule has 1 aromatic heterocycles. The molecule has 2 aliphatic carbocycles. The Morgan fingerprint density at radius 2 is 0.768 bits per heavy atom. The van der Waals surface area contributed by atoms with E-state index in [0.29, 0.717) is 0 Å². The zero-order valence-corrected chi connectivity index (χ0v) is 37.7. The Balaban J connectivity index is 1.02. The van der Waals surface area contributed by atoms with Crippen LogP contribution in [0, 0.1) is 0 Å². The highest BCUT2D eigenvalue weighted by atomic mass is 16.3. The van der Waals surface area contributed by atoms with E-state index in [1.807, 2.05) is 12.1 Å². The fraction of sp³-hybridized carbons (Fsp3) is 0.0149. The number of furan rings is 1. The predicted molar refractivity (Wildman–Crippen MR) is 286 cm³/mol. The van der Waals surface area contributed by atoms with E-state index >= 15 is 0 Å². The molecule has 2 nitrogen and oxygen atoms in total. The standard InChI is InChI=1S/C67H43NO/c1-3-18-45(19-4-1)50-22-7-8-27-56(50)66-51(46-20-5-2-6-21-46)28-17-32-63(66)68(48-37-34-44(35-38-48)47-36-41-65-58(42-47)55-26-12-16-33-64(55)69-65)49-39-40-62-57(43-49)54-25-11-15-31-61(54)67(62)59-29-13-9-23-52(59)53-24-10-14-30-60(53)67/h1-43H. The first-order valence-electron chi connectivity index (χ1n) is 23.8. The van der Waals surface area contributed by atoms with Crippen LogP contribution in [0.5, 0.6) is 0 Å².